The summed E-state index contributed by atoms with van der Waals surface area (Å²) in [5, 5.41) is 21.8. The Balaban J connectivity index is 2.00. The molecule has 0 fully saturated rings. The molecule has 4 nitrogen and oxygen atoms in total. The molecule has 0 spiro atoms. The molecule has 0 saturated carbocycles. The number of aliphatic hydroxyl groups excluding tert-OH is 1. The average Bonchev–Trinajstić information content (AvgIpc) is 2.96. The van der Waals surface area contributed by atoms with Crippen LogP contribution in [0.1, 0.15) is 41.6 Å². The van der Waals surface area contributed by atoms with Gasteiger partial charge in [-0.2, -0.15) is 16.4 Å². The molecule has 19 heavy (non-hydrogen) atoms. The number of aromatic nitrogens is 2. The smallest absolute Gasteiger partial charge is 0.0922 e. The highest BCUT2D eigenvalue weighted by Crippen LogP contribution is 2.22. The third-order valence-electron chi connectivity index (χ3n) is 3.54. The fraction of sp³-hybridized carbons (Fsp3) is 0.500. The van der Waals surface area contributed by atoms with E-state index in [-0.39, 0.29) is 6.04 Å². The lowest BCUT2D eigenvalue weighted by atomic mass is 10.1. The summed E-state index contributed by atoms with van der Waals surface area (Å²) < 4.78 is 1.90. The van der Waals surface area contributed by atoms with Crippen molar-refractivity contribution in [3.05, 3.63) is 39.3 Å². The van der Waals surface area contributed by atoms with Gasteiger partial charge < -0.3 is 10.4 Å². The molecule has 0 amide bonds. The fourth-order valence-corrected chi connectivity index (χ4v) is 3.10. The molecule has 0 aromatic carbocycles. The van der Waals surface area contributed by atoms with Crippen molar-refractivity contribution in [2.45, 2.75) is 32.9 Å². The number of hydrogen-bond donors (Lipinski definition) is 2. The molecule has 0 bridgehead atoms. The molecule has 2 heterocycles. The Hall–Kier alpha value is -1.17. The first kappa shape index (κ1) is 14.2. The second kappa shape index (κ2) is 5.86. The van der Waals surface area contributed by atoms with Crippen molar-refractivity contribution in [1.29, 1.82) is 0 Å². The Morgan fingerprint density at radius 2 is 2.21 bits per heavy atom. The van der Waals surface area contributed by atoms with Crippen molar-refractivity contribution in [2.75, 3.05) is 6.54 Å². The first-order valence-corrected chi connectivity index (χ1v) is 7.38. The van der Waals surface area contributed by atoms with Gasteiger partial charge in [0.05, 0.1) is 11.8 Å². The molecule has 2 aromatic heterocycles. The van der Waals surface area contributed by atoms with Crippen LogP contribution in [0.2, 0.25) is 0 Å². The van der Waals surface area contributed by atoms with Crippen LogP contribution >= 0.6 is 11.3 Å². The van der Waals surface area contributed by atoms with E-state index >= 15 is 0 Å². The van der Waals surface area contributed by atoms with Gasteiger partial charge in [0.2, 0.25) is 0 Å². The average molecular weight is 279 g/mol. The van der Waals surface area contributed by atoms with E-state index in [0.29, 0.717) is 6.54 Å². The van der Waals surface area contributed by atoms with Gasteiger partial charge in [0.25, 0.3) is 0 Å². The largest absolute Gasteiger partial charge is 0.387 e. The summed E-state index contributed by atoms with van der Waals surface area (Å²) in [4.78, 5) is 0. The number of nitrogens with zero attached hydrogens (tertiary/aromatic N) is 2. The van der Waals surface area contributed by atoms with Crippen LogP contribution in [0.4, 0.5) is 0 Å². The molecule has 2 unspecified atom stereocenters. The maximum atomic E-state index is 10.1. The topological polar surface area (TPSA) is 50.1 Å². The molecule has 0 aliphatic heterocycles. The molecule has 2 N–H and O–H groups in total. The molecule has 2 rings (SSSR count). The molecular formula is C14H21N3OS. The Morgan fingerprint density at radius 1 is 1.47 bits per heavy atom. The van der Waals surface area contributed by atoms with Gasteiger partial charge in [0.15, 0.2) is 0 Å². The summed E-state index contributed by atoms with van der Waals surface area (Å²) in [5.41, 5.74) is 4.41. The van der Waals surface area contributed by atoms with Crippen LogP contribution in [0.15, 0.2) is 16.8 Å². The second-order valence-corrected chi connectivity index (χ2v) is 5.69. The Morgan fingerprint density at radius 3 is 2.74 bits per heavy atom. The quantitative estimate of drug-likeness (QED) is 0.884. The highest BCUT2D eigenvalue weighted by atomic mass is 32.1. The van der Waals surface area contributed by atoms with Gasteiger partial charge in [0.1, 0.15) is 0 Å². The lowest BCUT2D eigenvalue weighted by Gasteiger charge is -2.17. The lowest BCUT2D eigenvalue weighted by Crippen LogP contribution is -2.25. The maximum absolute atomic E-state index is 10.1. The van der Waals surface area contributed by atoms with Crippen molar-refractivity contribution in [3.8, 4) is 0 Å². The van der Waals surface area contributed by atoms with Gasteiger partial charge in [-0.15, -0.1) is 0 Å². The number of nitrogens with one attached hydrogen (secondary N) is 1. The van der Waals surface area contributed by atoms with E-state index in [0.717, 1.165) is 11.3 Å². The normalized spacial score (nSPS) is 14.6. The summed E-state index contributed by atoms with van der Waals surface area (Å²) in [6, 6.07) is 2.14. The van der Waals surface area contributed by atoms with Crippen LogP contribution in [0, 0.1) is 13.8 Å². The van der Waals surface area contributed by atoms with Gasteiger partial charge in [-0.1, -0.05) is 0 Å². The standard InChI is InChI=1S/C14H21N3OS/c1-9(14-10(2)16-17(4)11(14)3)15-7-13(18)12-5-6-19-8-12/h5-6,8-9,13,15,18H,7H2,1-4H3. The predicted molar refractivity (Wildman–Crippen MR) is 78.4 cm³/mol. The van der Waals surface area contributed by atoms with Crippen molar-refractivity contribution in [2.24, 2.45) is 7.05 Å². The number of thiophene rings is 1. The zero-order valence-corrected chi connectivity index (χ0v) is 12.7. The van der Waals surface area contributed by atoms with Crippen LogP contribution in [0.3, 0.4) is 0 Å². The summed E-state index contributed by atoms with van der Waals surface area (Å²) in [5.74, 6) is 0. The van der Waals surface area contributed by atoms with Crippen LogP contribution in [-0.4, -0.2) is 21.4 Å². The Bertz CT molecular complexity index is 533. The minimum atomic E-state index is -0.453. The monoisotopic (exact) mass is 279 g/mol. The molecule has 104 valence electrons. The molecule has 0 radical (unpaired) electrons. The summed E-state index contributed by atoms with van der Waals surface area (Å²) >= 11 is 1.61. The van der Waals surface area contributed by atoms with E-state index in [1.165, 1.54) is 11.3 Å². The van der Waals surface area contributed by atoms with Gasteiger partial charge in [-0.25, -0.2) is 0 Å². The predicted octanol–water partition coefficient (Wildman–Crippen LogP) is 2.48. The summed E-state index contributed by atoms with van der Waals surface area (Å²) in [7, 11) is 1.96. The zero-order valence-electron chi connectivity index (χ0n) is 11.8. The number of aliphatic hydroxyl groups is 1. The Kier molecular flexibility index (Phi) is 4.39. The maximum Gasteiger partial charge on any atom is 0.0922 e. The zero-order chi connectivity index (χ0) is 14.0. The van der Waals surface area contributed by atoms with E-state index in [9.17, 15) is 5.11 Å². The highest BCUT2D eigenvalue weighted by Gasteiger charge is 2.17. The second-order valence-electron chi connectivity index (χ2n) is 4.91. The molecule has 5 heteroatoms. The van der Waals surface area contributed by atoms with Gasteiger partial charge >= 0.3 is 0 Å². The number of rotatable bonds is 5. The Labute approximate surface area is 118 Å². The minimum absolute atomic E-state index is 0.182. The third kappa shape index (κ3) is 3.05. The van der Waals surface area contributed by atoms with Crippen LogP contribution in [0.25, 0.3) is 0 Å². The molecule has 0 saturated heterocycles. The molecule has 2 aromatic rings. The van der Waals surface area contributed by atoms with Gasteiger partial charge in [-0.05, 0) is 43.2 Å². The summed E-state index contributed by atoms with van der Waals surface area (Å²) in [6.07, 6.45) is -0.453. The number of hydrogen-bond acceptors (Lipinski definition) is 4. The van der Waals surface area contributed by atoms with Crippen LogP contribution in [0.5, 0.6) is 0 Å². The van der Waals surface area contributed by atoms with E-state index in [4.69, 9.17) is 0 Å². The van der Waals surface area contributed by atoms with Gasteiger partial charge in [0, 0.05) is 30.9 Å². The van der Waals surface area contributed by atoms with E-state index in [2.05, 4.69) is 24.3 Å². The molecule has 0 aliphatic carbocycles. The molecule has 2 atom stereocenters. The highest BCUT2D eigenvalue weighted by molar-refractivity contribution is 7.07. The van der Waals surface area contributed by atoms with Crippen LogP contribution in [-0.2, 0) is 7.05 Å². The minimum Gasteiger partial charge on any atom is -0.387 e. The third-order valence-corrected chi connectivity index (χ3v) is 4.24. The first-order chi connectivity index (χ1) is 9.00. The van der Waals surface area contributed by atoms with Crippen molar-refractivity contribution >= 4 is 11.3 Å². The molecule has 0 aliphatic rings. The van der Waals surface area contributed by atoms with Crippen molar-refractivity contribution in [1.82, 2.24) is 15.1 Å². The lowest BCUT2D eigenvalue weighted by molar-refractivity contribution is 0.171. The first-order valence-electron chi connectivity index (χ1n) is 6.44. The van der Waals surface area contributed by atoms with Crippen LogP contribution < -0.4 is 5.32 Å². The number of aryl methyl sites for hydroxylation is 2. The van der Waals surface area contributed by atoms with Crippen molar-refractivity contribution in [3.63, 3.8) is 0 Å². The van der Waals surface area contributed by atoms with Crippen molar-refractivity contribution < 1.29 is 5.11 Å². The fourth-order valence-electron chi connectivity index (χ4n) is 2.39. The van der Waals surface area contributed by atoms with E-state index in [1.807, 2.05) is 35.5 Å². The summed E-state index contributed by atoms with van der Waals surface area (Å²) in [6.45, 7) is 6.75. The van der Waals surface area contributed by atoms with E-state index < -0.39 is 6.10 Å². The van der Waals surface area contributed by atoms with Gasteiger partial charge in [-0.3, -0.25) is 4.68 Å². The van der Waals surface area contributed by atoms with E-state index in [1.54, 1.807) is 11.3 Å². The SMILES string of the molecule is Cc1nn(C)c(C)c1C(C)NCC(O)c1ccsc1. The molecular weight excluding hydrogens is 258 g/mol.